The van der Waals surface area contributed by atoms with Crippen LogP contribution in [0.15, 0.2) is 36.4 Å². The molecule has 0 aromatic heterocycles. The molecule has 0 unspecified atom stereocenters. The van der Waals surface area contributed by atoms with E-state index in [0.29, 0.717) is 35.5 Å². The van der Waals surface area contributed by atoms with Crippen LogP contribution in [0.3, 0.4) is 0 Å². The Bertz CT molecular complexity index is 876. The van der Waals surface area contributed by atoms with Crippen molar-refractivity contribution < 1.29 is 17.9 Å². The number of rotatable bonds is 5. The Morgan fingerprint density at radius 2 is 1.90 bits per heavy atom. The van der Waals surface area contributed by atoms with E-state index >= 15 is 0 Å². The van der Waals surface area contributed by atoms with E-state index in [9.17, 15) is 13.2 Å². The SMILES string of the molecule is Cc1ccc(NC(=S)N2CCN(Cc3ccc(F)cc3Cl)CC2)c(OC(F)F)c1. The summed E-state index contributed by atoms with van der Waals surface area (Å²) >= 11 is 11.6. The molecule has 1 aliphatic rings. The highest BCUT2D eigenvalue weighted by Gasteiger charge is 2.21. The largest absolute Gasteiger partial charge is 0.433 e. The molecule has 1 fully saturated rings. The van der Waals surface area contributed by atoms with Crippen LogP contribution in [0.1, 0.15) is 11.1 Å². The number of ether oxygens (including phenoxy) is 1. The van der Waals surface area contributed by atoms with Gasteiger partial charge in [0.05, 0.1) is 5.69 Å². The van der Waals surface area contributed by atoms with Crippen molar-refractivity contribution in [1.29, 1.82) is 0 Å². The molecule has 1 N–H and O–H groups in total. The molecule has 2 aromatic carbocycles. The second-order valence-electron chi connectivity index (χ2n) is 6.81. The molecule has 0 atom stereocenters. The number of benzene rings is 2. The topological polar surface area (TPSA) is 27.7 Å². The van der Waals surface area contributed by atoms with Crippen LogP contribution in [-0.2, 0) is 6.54 Å². The molecule has 0 saturated carbocycles. The van der Waals surface area contributed by atoms with Gasteiger partial charge >= 0.3 is 6.61 Å². The molecule has 1 aliphatic heterocycles. The smallest absolute Gasteiger partial charge is 0.387 e. The maximum Gasteiger partial charge on any atom is 0.387 e. The fourth-order valence-corrected chi connectivity index (χ4v) is 3.64. The Morgan fingerprint density at radius 3 is 2.55 bits per heavy atom. The lowest BCUT2D eigenvalue weighted by Gasteiger charge is -2.36. The fourth-order valence-electron chi connectivity index (χ4n) is 3.12. The van der Waals surface area contributed by atoms with Crippen LogP contribution in [0, 0.1) is 12.7 Å². The number of piperazine rings is 1. The van der Waals surface area contributed by atoms with Crippen molar-refractivity contribution in [3.8, 4) is 5.75 Å². The average molecular weight is 444 g/mol. The van der Waals surface area contributed by atoms with E-state index in [0.717, 1.165) is 24.2 Å². The molecule has 0 bridgehead atoms. The van der Waals surface area contributed by atoms with E-state index in [1.54, 1.807) is 31.2 Å². The van der Waals surface area contributed by atoms with E-state index in [1.165, 1.54) is 12.1 Å². The zero-order chi connectivity index (χ0) is 21.0. The third kappa shape index (κ3) is 5.98. The van der Waals surface area contributed by atoms with E-state index < -0.39 is 6.61 Å². The number of aryl methyl sites for hydroxylation is 1. The maximum absolute atomic E-state index is 13.2. The Morgan fingerprint density at radius 1 is 1.17 bits per heavy atom. The van der Waals surface area contributed by atoms with Crippen molar-refractivity contribution in [2.24, 2.45) is 0 Å². The average Bonchev–Trinajstić information content (AvgIpc) is 2.66. The molecule has 4 nitrogen and oxygen atoms in total. The number of nitrogens with one attached hydrogen (secondary N) is 1. The molecule has 2 aromatic rings. The number of nitrogens with zero attached hydrogens (tertiary/aromatic N) is 2. The molecule has 1 saturated heterocycles. The first kappa shape index (κ1) is 21.7. The zero-order valence-electron chi connectivity index (χ0n) is 15.8. The first-order chi connectivity index (χ1) is 13.8. The maximum atomic E-state index is 13.2. The van der Waals surface area contributed by atoms with Gasteiger partial charge in [-0.2, -0.15) is 8.78 Å². The van der Waals surface area contributed by atoms with Gasteiger partial charge in [-0.05, 0) is 54.5 Å². The minimum absolute atomic E-state index is 0.0620. The van der Waals surface area contributed by atoms with Crippen molar-refractivity contribution >= 4 is 34.6 Å². The predicted molar refractivity (Wildman–Crippen MR) is 112 cm³/mol. The molecule has 29 heavy (non-hydrogen) atoms. The molecule has 9 heteroatoms. The number of hydrogen-bond acceptors (Lipinski definition) is 3. The molecular weight excluding hydrogens is 423 g/mol. The normalized spacial score (nSPS) is 14.9. The summed E-state index contributed by atoms with van der Waals surface area (Å²) in [7, 11) is 0. The summed E-state index contributed by atoms with van der Waals surface area (Å²) in [5.41, 5.74) is 2.09. The molecule has 0 radical (unpaired) electrons. The predicted octanol–water partition coefficient (Wildman–Crippen LogP) is 4.90. The standard InChI is InChI=1S/C20H21ClF3N3OS/c1-13-2-5-17(18(10-13)28-19(23)24)25-20(29)27-8-6-26(7-9-27)12-14-3-4-15(22)11-16(14)21/h2-5,10-11,19H,6-9,12H2,1H3,(H,25,29). The minimum Gasteiger partial charge on any atom is -0.433 e. The van der Waals surface area contributed by atoms with Gasteiger partial charge in [0.15, 0.2) is 5.11 Å². The fraction of sp³-hybridized carbons (Fsp3) is 0.350. The lowest BCUT2D eigenvalue weighted by molar-refractivity contribution is -0.0493. The van der Waals surface area contributed by atoms with Crippen molar-refractivity contribution in [3.05, 3.63) is 58.4 Å². The second-order valence-corrected chi connectivity index (χ2v) is 7.60. The van der Waals surface area contributed by atoms with E-state index in [-0.39, 0.29) is 11.6 Å². The van der Waals surface area contributed by atoms with Crippen molar-refractivity contribution in [2.45, 2.75) is 20.1 Å². The van der Waals surface area contributed by atoms with E-state index in [4.69, 9.17) is 23.8 Å². The molecule has 156 valence electrons. The monoisotopic (exact) mass is 443 g/mol. The molecule has 3 rings (SSSR count). The summed E-state index contributed by atoms with van der Waals surface area (Å²) in [4.78, 5) is 4.18. The highest BCUT2D eigenvalue weighted by molar-refractivity contribution is 7.80. The van der Waals surface area contributed by atoms with Gasteiger partial charge in [-0.15, -0.1) is 0 Å². The number of halogens is 4. The highest BCUT2D eigenvalue weighted by atomic mass is 35.5. The minimum atomic E-state index is -2.91. The first-order valence-corrected chi connectivity index (χ1v) is 9.88. The zero-order valence-corrected chi connectivity index (χ0v) is 17.4. The van der Waals surface area contributed by atoms with Gasteiger partial charge in [-0.1, -0.05) is 23.7 Å². The van der Waals surface area contributed by atoms with Gasteiger partial charge < -0.3 is 15.0 Å². The second kappa shape index (κ2) is 9.65. The Kier molecular flexibility index (Phi) is 7.21. The van der Waals surface area contributed by atoms with Crippen LogP contribution in [-0.4, -0.2) is 47.7 Å². The van der Waals surface area contributed by atoms with Crippen molar-refractivity contribution in [3.63, 3.8) is 0 Å². The first-order valence-electron chi connectivity index (χ1n) is 9.09. The summed E-state index contributed by atoms with van der Waals surface area (Å²) in [5.74, 6) is -0.293. The van der Waals surface area contributed by atoms with Gasteiger partial charge in [-0.25, -0.2) is 4.39 Å². The van der Waals surface area contributed by atoms with Gasteiger partial charge in [0.2, 0.25) is 0 Å². The molecule has 0 spiro atoms. The number of hydrogen-bond donors (Lipinski definition) is 1. The van der Waals surface area contributed by atoms with E-state index in [2.05, 4.69) is 15.0 Å². The summed E-state index contributed by atoms with van der Waals surface area (Å²) in [6.45, 7) is 2.33. The Labute approximate surface area is 178 Å². The van der Waals surface area contributed by atoms with Crippen LogP contribution < -0.4 is 10.1 Å². The molecule has 0 aliphatic carbocycles. The van der Waals surface area contributed by atoms with Crippen LogP contribution >= 0.6 is 23.8 Å². The number of anilines is 1. The third-order valence-electron chi connectivity index (χ3n) is 4.66. The van der Waals surface area contributed by atoms with Crippen molar-refractivity contribution in [1.82, 2.24) is 9.80 Å². The van der Waals surface area contributed by atoms with Gasteiger partial charge in [-0.3, -0.25) is 4.90 Å². The highest BCUT2D eigenvalue weighted by Crippen LogP contribution is 2.28. The van der Waals surface area contributed by atoms with Crippen LogP contribution in [0.5, 0.6) is 5.75 Å². The molecule has 0 amide bonds. The lowest BCUT2D eigenvalue weighted by Crippen LogP contribution is -2.49. The number of thiocarbonyl (C=S) groups is 1. The summed E-state index contributed by atoms with van der Waals surface area (Å²) < 4.78 is 43.1. The third-order valence-corrected chi connectivity index (χ3v) is 5.38. The molecule has 1 heterocycles. The van der Waals surface area contributed by atoms with Crippen molar-refractivity contribution in [2.75, 3.05) is 31.5 Å². The van der Waals surface area contributed by atoms with Gasteiger partial charge in [0, 0.05) is 37.7 Å². The van der Waals surface area contributed by atoms with Crippen LogP contribution in [0.2, 0.25) is 5.02 Å². The summed E-state index contributed by atoms with van der Waals surface area (Å²) in [6.07, 6.45) is 0. The van der Waals surface area contributed by atoms with Crippen LogP contribution in [0.25, 0.3) is 0 Å². The summed E-state index contributed by atoms with van der Waals surface area (Å²) in [5, 5.41) is 3.87. The Balaban J connectivity index is 1.56. The van der Waals surface area contributed by atoms with Gasteiger partial charge in [0.1, 0.15) is 11.6 Å². The van der Waals surface area contributed by atoms with Gasteiger partial charge in [0.25, 0.3) is 0 Å². The quantitative estimate of drug-likeness (QED) is 0.663. The lowest BCUT2D eigenvalue weighted by atomic mass is 10.2. The molecular formula is C20H21ClF3N3OS. The van der Waals surface area contributed by atoms with Crippen LogP contribution in [0.4, 0.5) is 18.9 Å². The Hall–Kier alpha value is -2.03. The van der Waals surface area contributed by atoms with E-state index in [1.807, 2.05) is 4.90 Å². The number of alkyl halides is 2. The summed E-state index contributed by atoms with van der Waals surface area (Å²) in [6, 6.07) is 9.42.